The topological polar surface area (TPSA) is 87.7 Å². The van der Waals surface area contributed by atoms with Gasteiger partial charge in [-0.3, -0.25) is 14.5 Å². The zero-order valence-corrected chi connectivity index (χ0v) is 13.8. The number of nitrogens with zero attached hydrogens (tertiary/aromatic N) is 1. The zero-order chi connectivity index (χ0) is 17.3. The van der Waals surface area contributed by atoms with Crippen molar-refractivity contribution in [2.24, 2.45) is 0 Å². The highest BCUT2D eigenvalue weighted by molar-refractivity contribution is 6.10. The molecule has 2 heterocycles. The van der Waals surface area contributed by atoms with E-state index in [9.17, 15) is 14.4 Å². The minimum absolute atomic E-state index is 0.291. The van der Waals surface area contributed by atoms with Crippen molar-refractivity contribution in [3.05, 3.63) is 29.3 Å². The van der Waals surface area contributed by atoms with Gasteiger partial charge in [-0.1, -0.05) is 18.2 Å². The second kappa shape index (κ2) is 6.24. The molecule has 128 valence electrons. The van der Waals surface area contributed by atoms with E-state index in [1.807, 2.05) is 32.0 Å². The number of aryl methyl sites for hydroxylation is 2. The first-order valence-electron chi connectivity index (χ1n) is 8.01. The molecule has 1 aromatic rings. The number of urea groups is 1. The Morgan fingerprint density at radius 3 is 2.50 bits per heavy atom. The van der Waals surface area contributed by atoms with Gasteiger partial charge in [-0.2, -0.15) is 0 Å². The summed E-state index contributed by atoms with van der Waals surface area (Å²) in [4.78, 5) is 38.1. The number of carbonyl (C=O) groups is 3. The minimum Gasteiger partial charge on any atom is -0.381 e. The molecule has 2 saturated heterocycles. The third-order valence-corrected chi connectivity index (χ3v) is 4.64. The molecule has 24 heavy (non-hydrogen) atoms. The number of ether oxygens (including phenoxy) is 1. The second-order valence-electron chi connectivity index (χ2n) is 6.33. The Balaban J connectivity index is 1.70. The van der Waals surface area contributed by atoms with E-state index in [1.54, 1.807) is 0 Å². The van der Waals surface area contributed by atoms with Gasteiger partial charge in [0, 0.05) is 31.7 Å². The van der Waals surface area contributed by atoms with E-state index in [-0.39, 0.29) is 18.4 Å². The number of para-hydroxylation sites is 1. The maximum absolute atomic E-state index is 12.6. The van der Waals surface area contributed by atoms with Gasteiger partial charge in [0.15, 0.2) is 0 Å². The van der Waals surface area contributed by atoms with Crippen LogP contribution in [0.2, 0.25) is 0 Å². The highest BCUT2D eigenvalue weighted by Crippen LogP contribution is 2.28. The van der Waals surface area contributed by atoms with E-state index < -0.39 is 11.6 Å². The number of carbonyl (C=O) groups excluding carboxylic acids is 3. The van der Waals surface area contributed by atoms with Crippen LogP contribution in [-0.2, 0) is 14.3 Å². The van der Waals surface area contributed by atoms with Crippen molar-refractivity contribution < 1.29 is 19.1 Å². The molecule has 0 radical (unpaired) electrons. The molecule has 0 saturated carbocycles. The van der Waals surface area contributed by atoms with Crippen LogP contribution >= 0.6 is 0 Å². The van der Waals surface area contributed by atoms with Gasteiger partial charge >= 0.3 is 6.03 Å². The molecule has 1 spiro atoms. The van der Waals surface area contributed by atoms with Gasteiger partial charge in [0.1, 0.15) is 12.1 Å². The Kier molecular flexibility index (Phi) is 4.28. The molecule has 0 atom stereocenters. The normalized spacial score (nSPS) is 19.5. The van der Waals surface area contributed by atoms with E-state index in [1.165, 1.54) is 0 Å². The maximum Gasteiger partial charge on any atom is 0.325 e. The molecule has 7 nitrogen and oxygen atoms in total. The largest absolute Gasteiger partial charge is 0.381 e. The zero-order valence-electron chi connectivity index (χ0n) is 13.8. The molecule has 7 heteroatoms. The molecular weight excluding hydrogens is 310 g/mol. The molecule has 2 fully saturated rings. The Bertz CT molecular complexity index is 675. The fourth-order valence-electron chi connectivity index (χ4n) is 3.21. The first-order chi connectivity index (χ1) is 11.4. The molecule has 0 bridgehead atoms. The molecule has 4 amide bonds. The number of imide groups is 1. The van der Waals surface area contributed by atoms with E-state index in [4.69, 9.17) is 4.74 Å². The highest BCUT2D eigenvalue weighted by atomic mass is 16.5. The summed E-state index contributed by atoms with van der Waals surface area (Å²) in [6, 6.07) is 5.19. The molecule has 2 aliphatic heterocycles. The quantitative estimate of drug-likeness (QED) is 0.818. The Morgan fingerprint density at radius 1 is 1.25 bits per heavy atom. The summed E-state index contributed by atoms with van der Waals surface area (Å²) in [5, 5.41) is 5.54. The molecule has 0 aliphatic carbocycles. The van der Waals surface area contributed by atoms with E-state index in [2.05, 4.69) is 10.6 Å². The third kappa shape index (κ3) is 2.87. The monoisotopic (exact) mass is 331 g/mol. The van der Waals surface area contributed by atoms with Crippen LogP contribution in [0, 0.1) is 13.8 Å². The van der Waals surface area contributed by atoms with Crippen LogP contribution in [0.15, 0.2) is 18.2 Å². The number of rotatable bonds is 3. The summed E-state index contributed by atoms with van der Waals surface area (Å²) >= 11 is 0. The smallest absolute Gasteiger partial charge is 0.325 e. The molecule has 2 N–H and O–H groups in total. The minimum atomic E-state index is -0.909. The summed E-state index contributed by atoms with van der Waals surface area (Å²) < 4.78 is 5.26. The Morgan fingerprint density at radius 2 is 1.88 bits per heavy atom. The van der Waals surface area contributed by atoms with Crippen molar-refractivity contribution in [3.63, 3.8) is 0 Å². The van der Waals surface area contributed by atoms with Gasteiger partial charge in [-0.25, -0.2) is 4.79 Å². The average molecular weight is 331 g/mol. The lowest BCUT2D eigenvalue weighted by Gasteiger charge is -2.30. The number of anilines is 1. The number of amides is 4. The van der Waals surface area contributed by atoms with E-state index in [0.717, 1.165) is 21.7 Å². The summed E-state index contributed by atoms with van der Waals surface area (Å²) in [6.07, 6.45) is 0.874. The van der Waals surface area contributed by atoms with E-state index in [0.29, 0.717) is 26.1 Å². The van der Waals surface area contributed by atoms with Gasteiger partial charge in [-0.15, -0.1) is 0 Å². The van der Waals surface area contributed by atoms with Crippen molar-refractivity contribution >= 4 is 23.5 Å². The highest BCUT2D eigenvalue weighted by Gasteiger charge is 2.52. The van der Waals surface area contributed by atoms with Crippen molar-refractivity contribution in [1.82, 2.24) is 10.2 Å². The maximum atomic E-state index is 12.6. The van der Waals surface area contributed by atoms with Gasteiger partial charge < -0.3 is 15.4 Å². The second-order valence-corrected chi connectivity index (χ2v) is 6.33. The third-order valence-electron chi connectivity index (χ3n) is 4.64. The van der Waals surface area contributed by atoms with Crippen LogP contribution < -0.4 is 10.6 Å². The molecule has 3 rings (SSSR count). The molecule has 0 unspecified atom stereocenters. The van der Waals surface area contributed by atoms with Crippen LogP contribution in [0.3, 0.4) is 0 Å². The van der Waals surface area contributed by atoms with Gasteiger partial charge in [0.25, 0.3) is 5.91 Å². The first-order valence-corrected chi connectivity index (χ1v) is 8.01. The summed E-state index contributed by atoms with van der Waals surface area (Å²) in [6.45, 7) is 4.35. The van der Waals surface area contributed by atoms with Gasteiger partial charge in [0.2, 0.25) is 5.91 Å². The van der Waals surface area contributed by atoms with Gasteiger partial charge in [-0.05, 0) is 25.0 Å². The van der Waals surface area contributed by atoms with Crippen molar-refractivity contribution in [2.75, 3.05) is 25.1 Å². The van der Waals surface area contributed by atoms with Crippen LogP contribution in [0.4, 0.5) is 10.5 Å². The summed E-state index contributed by atoms with van der Waals surface area (Å²) in [7, 11) is 0. The number of hydrogen-bond donors (Lipinski definition) is 2. The van der Waals surface area contributed by atoms with Crippen LogP contribution in [-0.4, -0.2) is 48.0 Å². The number of benzene rings is 1. The Hall–Kier alpha value is -2.41. The molecule has 1 aromatic carbocycles. The fourth-order valence-corrected chi connectivity index (χ4v) is 3.21. The average Bonchev–Trinajstić information content (AvgIpc) is 2.76. The molecular formula is C17H21N3O4. The standard InChI is InChI=1S/C17H21N3O4/c1-11-4-3-5-12(2)14(11)18-13(21)10-20-15(22)17(19-16(20)23)6-8-24-9-7-17/h3-5H,6-10H2,1-2H3,(H,18,21)(H,19,23). The summed E-state index contributed by atoms with van der Waals surface area (Å²) in [5.41, 5.74) is 1.67. The fraction of sp³-hybridized carbons (Fsp3) is 0.471. The van der Waals surface area contributed by atoms with Crippen LogP contribution in [0.1, 0.15) is 24.0 Å². The number of hydrogen-bond acceptors (Lipinski definition) is 4. The van der Waals surface area contributed by atoms with Crippen LogP contribution in [0.5, 0.6) is 0 Å². The summed E-state index contributed by atoms with van der Waals surface area (Å²) in [5.74, 6) is -0.729. The molecule has 2 aliphatic rings. The van der Waals surface area contributed by atoms with E-state index >= 15 is 0 Å². The predicted molar refractivity (Wildman–Crippen MR) is 87.6 cm³/mol. The van der Waals surface area contributed by atoms with Crippen molar-refractivity contribution in [3.8, 4) is 0 Å². The Labute approximate surface area is 140 Å². The van der Waals surface area contributed by atoms with Crippen molar-refractivity contribution in [1.29, 1.82) is 0 Å². The number of nitrogens with one attached hydrogen (secondary N) is 2. The van der Waals surface area contributed by atoms with Gasteiger partial charge in [0.05, 0.1) is 0 Å². The van der Waals surface area contributed by atoms with Crippen molar-refractivity contribution in [2.45, 2.75) is 32.2 Å². The first kappa shape index (κ1) is 16.4. The lowest BCUT2D eigenvalue weighted by molar-refractivity contribution is -0.136. The molecule has 0 aromatic heterocycles. The predicted octanol–water partition coefficient (Wildman–Crippen LogP) is 1.34. The lowest BCUT2D eigenvalue weighted by Crippen LogP contribution is -2.51. The van der Waals surface area contributed by atoms with Crippen LogP contribution in [0.25, 0.3) is 0 Å². The lowest BCUT2D eigenvalue weighted by atomic mass is 9.90. The SMILES string of the molecule is Cc1cccc(C)c1NC(=O)CN1C(=O)NC2(CCOCC2)C1=O.